The third kappa shape index (κ3) is 2.73. The van der Waals surface area contributed by atoms with Crippen molar-refractivity contribution in [2.24, 2.45) is 0 Å². The number of rotatable bonds is 4. The second-order valence-electron chi connectivity index (χ2n) is 3.45. The van der Waals surface area contributed by atoms with E-state index in [4.69, 9.17) is 11.6 Å². The fourth-order valence-electron chi connectivity index (χ4n) is 1.51. The van der Waals surface area contributed by atoms with Gasteiger partial charge >= 0.3 is 0 Å². The van der Waals surface area contributed by atoms with Gasteiger partial charge in [0.15, 0.2) is 5.37 Å². The van der Waals surface area contributed by atoms with Crippen LogP contribution in [0, 0.1) is 0 Å². The lowest BCUT2D eigenvalue weighted by atomic mass is 10.3. The van der Waals surface area contributed by atoms with Gasteiger partial charge in [-0.25, -0.2) is 0 Å². The van der Waals surface area contributed by atoms with Crippen LogP contribution in [0.4, 0.5) is 10.5 Å². The summed E-state index contributed by atoms with van der Waals surface area (Å²) in [5, 5.41) is 2.22. The number of carbonyl (C=O) groups is 2. The Labute approximate surface area is 108 Å². The van der Waals surface area contributed by atoms with Crippen molar-refractivity contribution >= 4 is 40.2 Å². The predicted octanol–water partition coefficient (Wildman–Crippen LogP) is 2.36. The minimum Gasteiger partial charge on any atom is -0.365 e. The van der Waals surface area contributed by atoms with Gasteiger partial charge in [0, 0.05) is 18.1 Å². The first-order valence-corrected chi connectivity index (χ1v) is 6.53. The SMILES string of the molecule is O=C1S[C@H](Nc2ccccc2)C(=O)N1CCCl. The van der Waals surface area contributed by atoms with E-state index >= 15 is 0 Å². The Bertz CT molecular complexity index is 427. The lowest BCUT2D eigenvalue weighted by molar-refractivity contribution is -0.126. The molecule has 0 radical (unpaired) electrons. The second kappa shape index (κ2) is 5.42. The highest BCUT2D eigenvalue weighted by atomic mass is 35.5. The van der Waals surface area contributed by atoms with Gasteiger partial charge < -0.3 is 5.32 Å². The van der Waals surface area contributed by atoms with E-state index in [1.807, 2.05) is 30.3 Å². The number of hydrogen-bond acceptors (Lipinski definition) is 4. The molecule has 1 N–H and O–H groups in total. The van der Waals surface area contributed by atoms with E-state index in [0.717, 1.165) is 17.4 Å². The number of anilines is 1. The van der Waals surface area contributed by atoms with Crippen LogP contribution in [0.2, 0.25) is 0 Å². The van der Waals surface area contributed by atoms with Crippen LogP contribution in [0.5, 0.6) is 0 Å². The highest BCUT2D eigenvalue weighted by Gasteiger charge is 2.39. The molecule has 0 aliphatic carbocycles. The highest BCUT2D eigenvalue weighted by molar-refractivity contribution is 8.15. The molecular formula is C11H11ClN2O2S. The van der Waals surface area contributed by atoms with Crippen molar-refractivity contribution in [1.29, 1.82) is 0 Å². The Hall–Kier alpha value is -1.20. The molecule has 0 bridgehead atoms. The standard InChI is InChI=1S/C11H11ClN2O2S/c12-6-7-14-10(15)9(17-11(14)16)13-8-4-2-1-3-5-8/h1-5,9,13H,6-7H2/t9-/m0/s1. The molecule has 1 heterocycles. The van der Waals surface area contributed by atoms with Crippen LogP contribution in [0.3, 0.4) is 0 Å². The van der Waals surface area contributed by atoms with Gasteiger partial charge in [-0.3, -0.25) is 14.5 Å². The zero-order valence-corrected chi connectivity index (χ0v) is 10.5. The number of nitrogens with one attached hydrogen (secondary N) is 1. The van der Waals surface area contributed by atoms with Gasteiger partial charge in [-0.1, -0.05) is 18.2 Å². The van der Waals surface area contributed by atoms with Gasteiger partial charge in [0.05, 0.1) is 0 Å². The molecule has 0 unspecified atom stereocenters. The molecule has 17 heavy (non-hydrogen) atoms. The highest BCUT2D eigenvalue weighted by Crippen LogP contribution is 2.27. The van der Waals surface area contributed by atoms with Crippen LogP contribution in [-0.2, 0) is 4.79 Å². The second-order valence-corrected chi connectivity index (χ2v) is 4.89. The Kier molecular flexibility index (Phi) is 3.91. The average Bonchev–Trinajstić information content (AvgIpc) is 2.59. The predicted molar refractivity (Wildman–Crippen MR) is 69.3 cm³/mol. The van der Waals surface area contributed by atoms with Crippen LogP contribution in [-0.4, -0.2) is 33.8 Å². The minimum atomic E-state index is -0.548. The zero-order chi connectivity index (χ0) is 12.3. The topological polar surface area (TPSA) is 49.4 Å². The van der Waals surface area contributed by atoms with E-state index < -0.39 is 5.37 Å². The summed E-state index contributed by atoms with van der Waals surface area (Å²) in [6, 6.07) is 9.32. The number of nitrogens with zero attached hydrogens (tertiary/aromatic N) is 1. The molecular weight excluding hydrogens is 260 g/mol. The van der Waals surface area contributed by atoms with Gasteiger partial charge in [-0.05, 0) is 23.9 Å². The number of amides is 2. The lowest BCUT2D eigenvalue weighted by Crippen LogP contribution is -2.35. The molecule has 1 atom stereocenters. The molecule has 4 nitrogen and oxygen atoms in total. The Morgan fingerprint density at radius 1 is 1.29 bits per heavy atom. The molecule has 0 aromatic heterocycles. The van der Waals surface area contributed by atoms with Crippen molar-refractivity contribution in [3.63, 3.8) is 0 Å². The van der Waals surface area contributed by atoms with Crippen LogP contribution in [0.1, 0.15) is 0 Å². The average molecular weight is 271 g/mol. The number of halogens is 1. The van der Waals surface area contributed by atoms with Crippen LogP contribution in [0.15, 0.2) is 30.3 Å². The summed E-state index contributed by atoms with van der Waals surface area (Å²) < 4.78 is 0. The molecule has 6 heteroatoms. The first-order chi connectivity index (χ1) is 8.22. The van der Waals surface area contributed by atoms with Crippen molar-refractivity contribution in [3.8, 4) is 0 Å². The van der Waals surface area contributed by atoms with Crippen molar-refractivity contribution in [1.82, 2.24) is 4.90 Å². The Balaban J connectivity index is 2.04. The number of thioether (sulfide) groups is 1. The van der Waals surface area contributed by atoms with Crippen molar-refractivity contribution in [3.05, 3.63) is 30.3 Å². The molecule has 0 saturated carbocycles. The number of imide groups is 1. The molecule has 1 aromatic carbocycles. The van der Waals surface area contributed by atoms with Crippen molar-refractivity contribution in [2.45, 2.75) is 5.37 Å². The number of hydrogen-bond donors (Lipinski definition) is 1. The number of alkyl halides is 1. The molecule has 1 fully saturated rings. The summed E-state index contributed by atoms with van der Waals surface area (Å²) in [6.45, 7) is 0.263. The number of para-hydroxylation sites is 1. The van der Waals surface area contributed by atoms with E-state index in [-0.39, 0.29) is 23.6 Å². The smallest absolute Gasteiger partial charge is 0.290 e. The van der Waals surface area contributed by atoms with Crippen molar-refractivity contribution in [2.75, 3.05) is 17.7 Å². The van der Waals surface area contributed by atoms with Gasteiger partial charge in [0.2, 0.25) is 0 Å². The third-order valence-corrected chi connectivity index (χ3v) is 3.46. The van der Waals surface area contributed by atoms with Crippen LogP contribution >= 0.6 is 23.4 Å². The van der Waals surface area contributed by atoms with E-state index in [9.17, 15) is 9.59 Å². The summed E-state index contributed by atoms with van der Waals surface area (Å²) in [4.78, 5) is 24.6. The lowest BCUT2D eigenvalue weighted by Gasteiger charge is -2.13. The van der Waals surface area contributed by atoms with Crippen molar-refractivity contribution < 1.29 is 9.59 Å². The quantitative estimate of drug-likeness (QED) is 0.854. The van der Waals surface area contributed by atoms with E-state index in [0.29, 0.717) is 0 Å². The molecule has 1 aromatic rings. The maximum absolute atomic E-state index is 11.9. The Morgan fingerprint density at radius 2 is 2.00 bits per heavy atom. The number of carbonyl (C=O) groups excluding carboxylic acids is 2. The summed E-state index contributed by atoms with van der Waals surface area (Å²) in [5.41, 5.74) is 0.818. The molecule has 0 spiro atoms. The van der Waals surface area contributed by atoms with E-state index in [1.54, 1.807) is 0 Å². The maximum Gasteiger partial charge on any atom is 0.290 e. The minimum absolute atomic E-state index is 0.232. The molecule has 1 aliphatic heterocycles. The zero-order valence-electron chi connectivity index (χ0n) is 8.93. The summed E-state index contributed by atoms with van der Waals surface area (Å²) in [5.74, 6) is 0.0281. The Morgan fingerprint density at radius 3 is 2.65 bits per heavy atom. The first-order valence-electron chi connectivity index (χ1n) is 5.12. The largest absolute Gasteiger partial charge is 0.365 e. The molecule has 1 saturated heterocycles. The normalized spacial score (nSPS) is 19.8. The van der Waals surface area contributed by atoms with Gasteiger partial charge in [0.25, 0.3) is 11.1 Å². The van der Waals surface area contributed by atoms with Crippen LogP contribution in [0.25, 0.3) is 0 Å². The monoisotopic (exact) mass is 270 g/mol. The van der Waals surface area contributed by atoms with E-state index in [2.05, 4.69) is 5.32 Å². The summed E-state index contributed by atoms with van der Waals surface area (Å²) in [7, 11) is 0. The fraction of sp³-hybridized carbons (Fsp3) is 0.273. The fourth-order valence-corrected chi connectivity index (χ4v) is 2.61. The number of benzene rings is 1. The molecule has 1 aliphatic rings. The summed E-state index contributed by atoms with van der Waals surface area (Å²) >= 11 is 6.53. The van der Waals surface area contributed by atoms with Gasteiger partial charge in [0.1, 0.15) is 0 Å². The molecule has 2 amide bonds. The summed E-state index contributed by atoms with van der Waals surface area (Å²) in [6.07, 6.45) is 0. The van der Waals surface area contributed by atoms with Gasteiger partial charge in [-0.15, -0.1) is 11.6 Å². The first kappa shape index (κ1) is 12.3. The molecule has 90 valence electrons. The van der Waals surface area contributed by atoms with Gasteiger partial charge in [-0.2, -0.15) is 0 Å². The third-order valence-electron chi connectivity index (χ3n) is 2.31. The maximum atomic E-state index is 11.9. The van der Waals surface area contributed by atoms with Crippen LogP contribution < -0.4 is 5.32 Å². The van der Waals surface area contributed by atoms with E-state index in [1.165, 1.54) is 4.90 Å². The molecule has 2 rings (SSSR count).